The minimum absolute atomic E-state index is 0.175. The monoisotopic (exact) mass is 348 g/mol. The van der Waals surface area contributed by atoms with Gasteiger partial charge in [0.1, 0.15) is 0 Å². The molecule has 3 rings (SSSR count). The maximum atomic E-state index is 11.2. The molecule has 3 N–H and O–H groups in total. The quantitative estimate of drug-likeness (QED) is 0.341. The topological polar surface area (TPSA) is 102 Å². The second-order valence-electron chi connectivity index (χ2n) is 6.22. The Morgan fingerprint density at radius 3 is 2.46 bits per heavy atom. The Morgan fingerprint density at radius 1 is 1.19 bits per heavy atom. The van der Waals surface area contributed by atoms with E-state index < -0.39 is 0 Å². The summed E-state index contributed by atoms with van der Waals surface area (Å²) in [5, 5.41) is 17.5. The number of hydrogen-bond donors (Lipinski definition) is 3. The summed E-state index contributed by atoms with van der Waals surface area (Å²) in [7, 11) is 0. The molecule has 7 heteroatoms. The molecule has 1 aromatic heterocycles. The first kappa shape index (κ1) is 17.4. The van der Waals surface area contributed by atoms with Crippen molar-refractivity contribution in [3.05, 3.63) is 54.4 Å². The average molecular weight is 348 g/mol. The number of pyridine rings is 1. The van der Waals surface area contributed by atoms with Crippen LogP contribution < -0.4 is 16.0 Å². The minimum atomic E-state index is -0.323. The van der Waals surface area contributed by atoms with Gasteiger partial charge in [0.15, 0.2) is 6.19 Å². The van der Waals surface area contributed by atoms with Crippen molar-refractivity contribution in [1.29, 1.82) is 5.26 Å². The maximum absolute atomic E-state index is 11.2. The van der Waals surface area contributed by atoms with Crippen LogP contribution in [-0.4, -0.2) is 16.9 Å². The second kappa shape index (κ2) is 7.66. The Labute approximate surface area is 152 Å². The third-order valence-corrected chi connectivity index (χ3v) is 4.31. The second-order valence-corrected chi connectivity index (χ2v) is 6.22. The fraction of sp³-hybridized carbons (Fsp3) is 0.263. The van der Waals surface area contributed by atoms with Crippen LogP contribution in [0, 0.1) is 11.5 Å². The summed E-state index contributed by atoms with van der Waals surface area (Å²) in [6, 6.07) is 11.8. The summed E-state index contributed by atoms with van der Waals surface area (Å²) in [5.41, 5.74) is 2.01. The number of benzene rings is 1. The number of hydrogen-bond acceptors (Lipinski definition) is 4. The molecule has 1 fully saturated rings. The standard InChI is InChI=1S/C19H20N6O/c1-14(26)23-16-10-17(12-21-11-16)24-18(22-13-20)25-19(8-5-9-19)15-6-3-2-4-7-15/h2-4,6-7,10-12H,5,8-9H2,1H3,(H,23,26)(H2,22,24,25). The Balaban J connectivity index is 1.86. The molecule has 1 amide bonds. The number of rotatable bonds is 4. The third-order valence-electron chi connectivity index (χ3n) is 4.31. The Kier molecular flexibility index (Phi) is 5.13. The molecule has 0 aliphatic heterocycles. The van der Waals surface area contributed by atoms with E-state index >= 15 is 0 Å². The van der Waals surface area contributed by atoms with E-state index in [1.165, 1.54) is 6.92 Å². The van der Waals surface area contributed by atoms with Crippen LogP contribution in [0.3, 0.4) is 0 Å². The van der Waals surface area contributed by atoms with Crippen LogP contribution in [0.1, 0.15) is 31.7 Å². The van der Waals surface area contributed by atoms with Crippen molar-refractivity contribution in [2.45, 2.75) is 31.7 Å². The van der Waals surface area contributed by atoms with E-state index in [0.717, 1.165) is 24.8 Å². The normalized spacial score (nSPS) is 15.3. The molecule has 1 aromatic carbocycles. The Hall–Kier alpha value is -3.40. The molecule has 1 aliphatic carbocycles. The first-order valence-electron chi connectivity index (χ1n) is 8.41. The van der Waals surface area contributed by atoms with E-state index in [0.29, 0.717) is 17.3 Å². The fourth-order valence-corrected chi connectivity index (χ4v) is 3.00. The van der Waals surface area contributed by atoms with Gasteiger partial charge in [0.05, 0.1) is 29.3 Å². The lowest BCUT2D eigenvalue weighted by molar-refractivity contribution is -0.114. The largest absolute Gasteiger partial charge is 0.325 e. The number of amides is 1. The van der Waals surface area contributed by atoms with Crippen molar-refractivity contribution in [3.63, 3.8) is 0 Å². The van der Waals surface area contributed by atoms with Crippen LogP contribution in [0.4, 0.5) is 11.4 Å². The highest BCUT2D eigenvalue weighted by Crippen LogP contribution is 2.45. The van der Waals surface area contributed by atoms with Gasteiger partial charge in [-0.05, 0) is 30.9 Å². The molecule has 132 valence electrons. The highest BCUT2D eigenvalue weighted by molar-refractivity contribution is 5.96. The lowest BCUT2D eigenvalue weighted by atomic mass is 9.72. The molecule has 7 nitrogen and oxygen atoms in total. The van der Waals surface area contributed by atoms with Gasteiger partial charge in [0.25, 0.3) is 0 Å². The number of carbonyl (C=O) groups excluding carboxylic acids is 1. The van der Waals surface area contributed by atoms with Crippen LogP contribution in [0.5, 0.6) is 0 Å². The predicted molar refractivity (Wildman–Crippen MR) is 100 cm³/mol. The van der Waals surface area contributed by atoms with Crippen molar-refractivity contribution in [2.24, 2.45) is 4.99 Å². The summed E-state index contributed by atoms with van der Waals surface area (Å²) < 4.78 is 0. The maximum Gasteiger partial charge on any atom is 0.221 e. The van der Waals surface area contributed by atoms with Gasteiger partial charge in [-0.15, -0.1) is 0 Å². The number of guanidine groups is 1. The average Bonchev–Trinajstić information content (AvgIpc) is 2.59. The molecule has 0 unspecified atom stereocenters. The molecular weight excluding hydrogens is 328 g/mol. The van der Waals surface area contributed by atoms with Crippen LogP contribution in [0.2, 0.25) is 0 Å². The van der Waals surface area contributed by atoms with Gasteiger partial charge >= 0.3 is 0 Å². The highest BCUT2D eigenvalue weighted by atomic mass is 16.1. The van der Waals surface area contributed by atoms with Gasteiger partial charge < -0.3 is 10.6 Å². The number of aromatic nitrogens is 1. The molecule has 0 spiro atoms. The molecule has 1 heterocycles. The van der Waals surface area contributed by atoms with Crippen molar-refractivity contribution in [3.8, 4) is 6.19 Å². The van der Waals surface area contributed by atoms with Gasteiger partial charge in [-0.1, -0.05) is 30.3 Å². The Bertz CT molecular complexity index is 852. The zero-order valence-electron chi connectivity index (χ0n) is 14.5. The number of carbonyl (C=O) groups is 1. The van der Waals surface area contributed by atoms with E-state index in [1.807, 2.05) is 24.4 Å². The summed E-state index contributed by atoms with van der Waals surface area (Å²) in [6.07, 6.45) is 8.04. The zero-order valence-corrected chi connectivity index (χ0v) is 14.5. The summed E-state index contributed by atoms with van der Waals surface area (Å²) in [6.45, 7) is 1.43. The van der Waals surface area contributed by atoms with Gasteiger partial charge in [0.2, 0.25) is 11.9 Å². The van der Waals surface area contributed by atoms with Crippen LogP contribution in [-0.2, 0) is 10.3 Å². The van der Waals surface area contributed by atoms with Crippen molar-refractivity contribution in [1.82, 2.24) is 10.3 Å². The molecule has 0 bridgehead atoms. The lowest BCUT2D eigenvalue weighted by Crippen LogP contribution is -2.37. The molecule has 2 aromatic rings. The van der Waals surface area contributed by atoms with Gasteiger partial charge in [-0.25, -0.2) is 4.99 Å². The summed E-state index contributed by atoms with van der Waals surface area (Å²) in [5.74, 6) is 0.184. The third kappa shape index (κ3) is 3.98. The number of nitrogens with one attached hydrogen (secondary N) is 3. The molecule has 0 atom stereocenters. The van der Waals surface area contributed by atoms with E-state index in [4.69, 9.17) is 10.3 Å². The first-order chi connectivity index (χ1) is 12.6. The molecule has 1 saturated carbocycles. The SMILES string of the molecule is CC(=O)Nc1cncc(NC(=NC2(c3ccccc3)CCC2)NC#N)c1. The van der Waals surface area contributed by atoms with Crippen molar-refractivity contribution >= 4 is 23.2 Å². The van der Waals surface area contributed by atoms with E-state index in [2.05, 4.69) is 33.1 Å². The number of nitrogens with zero attached hydrogens (tertiary/aromatic N) is 3. The highest BCUT2D eigenvalue weighted by Gasteiger charge is 2.39. The van der Waals surface area contributed by atoms with Gasteiger partial charge in [-0.3, -0.25) is 15.1 Å². The molecule has 26 heavy (non-hydrogen) atoms. The molecule has 0 radical (unpaired) electrons. The zero-order chi connectivity index (χ0) is 18.4. The van der Waals surface area contributed by atoms with Crippen LogP contribution >= 0.6 is 0 Å². The van der Waals surface area contributed by atoms with E-state index in [1.54, 1.807) is 18.5 Å². The van der Waals surface area contributed by atoms with E-state index in [-0.39, 0.29) is 11.4 Å². The Morgan fingerprint density at radius 2 is 1.88 bits per heavy atom. The van der Waals surface area contributed by atoms with Gasteiger partial charge in [0, 0.05) is 6.92 Å². The summed E-state index contributed by atoms with van der Waals surface area (Å²) in [4.78, 5) is 20.1. The first-order valence-corrected chi connectivity index (χ1v) is 8.41. The molecular formula is C19H20N6O. The van der Waals surface area contributed by atoms with Crippen LogP contribution in [0.15, 0.2) is 53.8 Å². The lowest BCUT2D eigenvalue weighted by Gasteiger charge is -2.39. The fourth-order valence-electron chi connectivity index (χ4n) is 3.00. The number of aliphatic imine (C=N–C) groups is 1. The summed E-state index contributed by atoms with van der Waals surface area (Å²) >= 11 is 0. The molecule has 1 aliphatic rings. The smallest absolute Gasteiger partial charge is 0.221 e. The van der Waals surface area contributed by atoms with Crippen molar-refractivity contribution in [2.75, 3.05) is 10.6 Å². The van der Waals surface area contributed by atoms with E-state index in [9.17, 15) is 4.79 Å². The predicted octanol–water partition coefficient (Wildman–Crippen LogP) is 2.96. The number of anilines is 2. The van der Waals surface area contributed by atoms with Gasteiger partial charge in [-0.2, -0.15) is 5.26 Å². The van der Waals surface area contributed by atoms with Crippen LogP contribution in [0.25, 0.3) is 0 Å². The van der Waals surface area contributed by atoms with Crippen molar-refractivity contribution < 1.29 is 4.79 Å². The number of nitriles is 1. The minimum Gasteiger partial charge on any atom is -0.325 e. The molecule has 0 saturated heterocycles.